The Hall–Kier alpha value is -2.31. The van der Waals surface area contributed by atoms with E-state index in [4.69, 9.17) is 0 Å². The number of alkyl halides is 3. The van der Waals surface area contributed by atoms with Crippen LogP contribution in [0.4, 0.5) is 13.2 Å². The minimum Gasteiger partial charge on any atom is -0.352 e. The second kappa shape index (κ2) is 6.44. The van der Waals surface area contributed by atoms with Gasteiger partial charge in [-0.25, -0.2) is 4.68 Å². The number of nitrogens with zero attached hydrogens (tertiary/aromatic N) is 2. The third-order valence-corrected chi connectivity index (χ3v) is 3.30. The fourth-order valence-corrected chi connectivity index (χ4v) is 2.16. The number of carbonyl (C=O) groups excluding carboxylic acids is 1. The summed E-state index contributed by atoms with van der Waals surface area (Å²) in [6, 6.07) is 6.58. The van der Waals surface area contributed by atoms with Crippen LogP contribution in [0.3, 0.4) is 0 Å². The number of rotatable bonds is 4. The molecule has 1 amide bonds. The molecule has 7 heteroatoms. The van der Waals surface area contributed by atoms with Gasteiger partial charge >= 0.3 is 6.18 Å². The van der Waals surface area contributed by atoms with Crippen LogP contribution in [0.25, 0.3) is 5.69 Å². The van der Waals surface area contributed by atoms with E-state index in [9.17, 15) is 18.0 Å². The van der Waals surface area contributed by atoms with Crippen molar-refractivity contribution in [2.45, 2.75) is 26.9 Å². The molecule has 0 bridgehead atoms. The molecule has 124 valence electrons. The molecule has 1 aromatic carbocycles. The standard InChI is InChI=1S/C16H18F3N3O/c1-10(2)8-20-15(23)12-9-21-22(14(12)16(17,18)19)13-7-5-4-6-11(13)3/h4-7,9-10H,8H2,1-3H3,(H,20,23). The van der Waals surface area contributed by atoms with E-state index in [1.54, 1.807) is 25.1 Å². The Balaban J connectivity index is 2.51. The number of hydrogen-bond acceptors (Lipinski definition) is 2. The number of amides is 1. The fraction of sp³-hybridized carbons (Fsp3) is 0.375. The van der Waals surface area contributed by atoms with Crippen molar-refractivity contribution in [2.24, 2.45) is 5.92 Å². The molecule has 2 rings (SSSR count). The van der Waals surface area contributed by atoms with Crippen molar-refractivity contribution in [3.8, 4) is 5.69 Å². The minimum absolute atomic E-state index is 0.139. The maximum Gasteiger partial charge on any atom is 0.434 e. The molecule has 2 aromatic rings. The lowest BCUT2D eigenvalue weighted by Gasteiger charge is -2.14. The van der Waals surface area contributed by atoms with Crippen LogP contribution in [0, 0.1) is 12.8 Å². The molecule has 0 spiro atoms. The Labute approximate surface area is 132 Å². The molecule has 0 atom stereocenters. The van der Waals surface area contributed by atoms with Gasteiger partial charge in [0.25, 0.3) is 5.91 Å². The van der Waals surface area contributed by atoms with E-state index in [-0.39, 0.29) is 5.92 Å². The first-order valence-electron chi connectivity index (χ1n) is 7.21. The van der Waals surface area contributed by atoms with Gasteiger partial charge in [-0.1, -0.05) is 32.0 Å². The third-order valence-electron chi connectivity index (χ3n) is 3.30. The summed E-state index contributed by atoms with van der Waals surface area (Å²) >= 11 is 0. The molecular formula is C16H18F3N3O. The molecule has 0 fully saturated rings. The van der Waals surface area contributed by atoms with E-state index in [1.807, 2.05) is 13.8 Å². The topological polar surface area (TPSA) is 46.9 Å². The number of halogens is 3. The lowest BCUT2D eigenvalue weighted by molar-refractivity contribution is -0.143. The zero-order valence-electron chi connectivity index (χ0n) is 13.1. The summed E-state index contributed by atoms with van der Waals surface area (Å²) < 4.78 is 41.2. The van der Waals surface area contributed by atoms with Gasteiger partial charge < -0.3 is 5.32 Å². The fourth-order valence-electron chi connectivity index (χ4n) is 2.16. The van der Waals surface area contributed by atoms with Gasteiger partial charge in [0.2, 0.25) is 0 Å². The van der Waals surface area contributed by atoms with Crippen LogP contribution < -0.4 is 5.32 Å². The summed E-state index contributed by atoms with van der Waals surface area (Å²) in [6.07, 6.45) is -3.73. The van der Waals surface area contributed by atoms with E-state index in [0.29, 0.717) is 17.8 Å². The van der Waals surface area contributed by atoms with Gasteiger partial charge in [-0.3, -0.25) is 4.79 Å². The highest BCUT2D eigenvalue weighted by Gasteiger charge is 2.40. The highest BCUT2D eigenvalue weighted by atomic mass is 19.4. The van der Waals surface area contributed by atoms with Crippen molar-refractivity contribution in [1.82, 2.24) is 15.1 Å². The maximum atomic E-state index is 13.5. The number of hydrogen-bond donors (Lipinski definition) is 1. The number of aryl methyl sites for hydroxylation is 1. The molecule has 1 heterocycles. The summed E-state index contributed by atoms with van der Waals surface area (Å²) in [4.78, 5) is 12.1. The van der Waals surface area contributed by atoms with E-state index in [1.165, 1.54) is 6.07 Å². The van der Waals surface area contributed by atoms with Crippen LogP contribution in [-0.2, 0) is 6.18 Å². The van der Waals surface area contributed by atoms with E-state index < -0.39 is 23.3 Å². The normalized spacial score (nSPS) is 11.8. The second-order valence-corrected chi connectivity index (χ2v) is 5.71. The molecule has 0 aliphatic carbocycles. The predicted molar refractivity (Wildman–Crippen MR) is 80.5 cm³/mol. The predicted octanol–water partition coefficient (Wildman–Crippen LogP) is 3.59. The Morgan fingerprint density at radius 3 is 2.52 bits per heavy atom. The van der Waals surface area contributed by atoms with Gasteiger partial charge in [-0.05, 0) is 24.5 Å². The van der Waals surface area contributed by atoms with E-state index in [2.05, 4.69) is 10.4 Å². The molecule has 1 aromatic heterocycles. The van der Waals surface area contributed by atoms with Crippen LogP contribution in [-0.4, -0.2) is 22.2 Å². The highest BCUT2D eigenvalue weighted by Crippen LogP contribution is 2.34. The minimum atomic E-state index is -4.69. The molecule has 0 aliphatic rings. The first-order chi connectivity index (χ1) is 10.7. The Morgan fingerprint density at radius 1 is 1.30 bits per heavy atom. The zero-order chi connectivity index (χ0) is 17.2. The van der Waals surface area contributed by atoms with Crippen molar-refractivity contribution >= 4 is 5.91 Å². The van der Waals surface area contributed by atoms with Gasteiger partial charge in [-0.2, -0.15) is 18.3 Å². The lowest BCUT2D eigenvalue weighted by Crippen LogP contribution is -2.29. The second-order valence-electron chi connectivity index (χ2n) is 5.71. The van der Waals surface area contributed by atoms with Crippen molar-refractivity contribution in [3.05, 3.63) is 47.3 Å². The van der Waals surface area contributed by atoms with Crippen LogP contribution in [0.5, 0.6) is 0 Å². The van der Waals surface area contributed by atoms with Gasteiger partial charge in [-0.15, -0.1) is 0 Å². The first kappa shape index (κ1) is 17.1. The average Bonchev–Trinajstić information content (AvgIpc) is 2.90. The molecule has 0 aliphatic heterocycles. The average molecular weight is 325 g/mol. The molecule has 0 radical (unpaired) electrons. The van der Waals surface area contributed by atoms with Gasteiger partial charge in [0.05, 0.1) is 17.4 Å². The van der Waals surface area contributed by atoms with Gasteiger partial charge in [0, 0.05) is 6.54 Å². The van der Waals surface area contributed by atoms with Gasteiger partial charge in [0.1, 0.15) is 0 Å². The van der Waals surface area contributed by atoms with Crippen molar-refractivity contribution in [3.63, 3.8) is 0 Å². The van der Waals surface area contributed by atoms with Crippen molar-refractivity contribution in [1.29, 1.82) is 0 Å². The largest absolute Gasteiger partial charge is 0.434 e. The summed E-state index contributed by atoms with van der Waals surface area (Å²) in [5, 5.41) is 6.30. The maximum absolute atomic E-state index is 13.5. The summed E-state index contributed by atoms with van der Waals surface area (Å²) in [6.45, 7) is 5.71. The quantitative estimate of drug-likeness (QED) is 0.934. The van der Waals surface area contributed by atoms with E-state index >= 15 is 0 Å². The van der Waals surface area contributed by atoms with Crippen LogP contribution in [0.1, 0.15) is 35.5 Å². The summed E-state index contributed by atoms with van der Waals surface area (Å²) in [7, 11) is 0. The van der Waals surface area contributed by atoms with Crippen molar-refractivity contribution < 1.29 is 18.0 Å². The molecular weight excluding hydrogens is 307 g/mol. The number of benzene rings is 1. The summed E-state index contributed by atoms with van der Waals surface area (Å²) in [5.41, 5.74) is -0.604. The van der Waals surface area contributed by atoms with Crippen LogP contribution >= 0.6 is 0 Å². The smallest absolute Gasteiger partial charge is 0.352 e. The zero-order valence-corrected chi connectivity index (χ0v) is 13.1. The SMILES string of the molecule is Cc1ccccc1-n1ncc(C(=O)NCC(C)C)c1C(F)(F)F. The van der Waals surface area contributed by atoms with Crippen molar-refractivity contribution in [2.75, 3.05) is 6.54 Å². The Morgan fingerprint density at radius 2 is 1.96 bits per heavy atom. The van der Waals surface area contributed by atoms with Gasteiger partial charge in [0.15, 0.2) is 5.69 Å². The van der Waals surface area contributed by atoms with Crippen LogP contribution in [0.15, 0.2) is 30.5 Å². The Kier molecular flexibility index (Phi) is 4.77. The number of aromatic nitrogens is 2. The lowest BCUT2D eigenvalue weighted by atomic mass is 10.1. The molecule has 23 heavy (non-hydrogen) atoms. The number of para-hydroxylation sites is 1. The first-order valence-corrected chi connectivity index (χ1v) is 7.21. The molecule has 0 saturated carbocycles. The van der Waals surface area contributed by atoms with Crippen LogP contribution in [0.2, 0.25) is 0 Å². The third kappa shape index (κ3) is 3.72. The highest BCUT2D eigenvalue weighted by molar-refractivity contribution is 5.95. The number of nitrogens with one attached hydrogen (secondary N) is 1. The molecule has 0 unspecified atom stereocenters. The number of carbonyl (C=O) groups is 1. The molecule has 0 saturated heterocycles. The molecule has 4 nitrogen and oxygen atoms in total. The van der Waals surface area contributed by atoms with E-state index in [0.717, 1.165) is 10.9 Å². The molecule has 1 N–H and O–H groups in total. The monoisotopic (exact) mass is 325 g/mol. The Bertz CT molecular complexity index is 705. The summed E-state index contributed by atoms with van der Waals surface area (Å²) in [5.74, 6) is -0.634.